The van der Waals surface area contributed by atoms with E-state index in [0.29, 0.717) is 43.5 Å². The highest BCUT2D eigenvalue weighted by Crippen LogP contribution is 2.29. The molecule has 32 heavy (non-hydrogen) atoms. The van der Waals surface area contributed by atoms with Crippen LogP contribution in [0.5, 0.6) is 5.75 Å². The van der Waals surface area contributed by atoms with Crippen LogP contribution in [0.25, 0.3) is 11.4 Å². The smallest absolute Gasteiger partial charge is 0.317 e. The molecule has 2 aromatic carbocycles. The SMILES string of the molecule is O=C(NCC1COc2ccccc2C1)N1CCCC(c2nc(-c3cccc(F)c3)no2)C1. The Hall–Kier alpha value is -3.42. The summed E-state index contributed by atoms with van der Waals surface area (Å²) in [6, 6.07) is 14.1. The zero-order valence-electron chi connectivity index (χ0n) is 17.7. The minimum Gasteiger partial charge on any atom is -0.493 e. The van der Waals surface area contributed by atoms with E-state index in [1.54, 1.807) is 17.0 Å². The number of amides is 2. The summed E-state index contributed by atoms with van der Waals surface area (Å²) in [6.45, 7) is 2.38. The van der Waals surface area contributed by atoms with Gasteiger partial charge in [0.05, 0.1) is 12.5 Å². The predicted molar refractivity (Wildman–Crippen MR) is 116 cm³/mol. The zero-order chi connectivity index (χ0) is 21.9. The largest absolute Gasteiger partial charge is 0.493 e. The molecule has 3 aromatic rings. The van der Waals surface area contributed by atoms with Crippen molar-refractivity contribution < 1.29 is 18.4 Å². The normalized spacial score (nSPS) is 20.3. The summed E-state index contributed by atoms with van der Waals surface area (Å²) in [7, 11) is 0. The van der Waals surface area contributed by atoms with E-state index in [2.05, 4.69) is 21.5 Å². The maximum absolute atomic E-state index is 13.5. The van der Waals surface area contributed by atoms with Gasteiger partial charge in [0.15, 0.2) is 0 Å². The van der Waals surface area contributed by atoms with Gasteiger partial charge in [0, 0.05) is 31.1 Å². The second kappa shape index (κ2) is 8.98. The van der Waals surface area contributed by atoms with Crippen molar-refractivity contribution in [1.29, 1.82) is 0 Å². The van der Waals surface area contributed by atoms with Crippen molar-refractivity contribution in [3.05, 3.63) is 65.8 Å². The Balaban J connectivity index is 1.17. The van der Waals surface area contributed by atoms with Crippen molar-refractivity contribution in [2.75, 3.05) is 26.2 Å². The zero-order valence-corrected chi connectivity index (χ0v) is 17.7. The minimum absolute atomic E-state index is 0.0331. The molecule has 0 spiro atoms. The van der Waals surface area contributed by atoms with Gasteiger partial charge in [-0.1, -0.05) is 35.5 Å². The van der Waals surface area contributed by atoms with Crippen LogP contribution < -0.4 is 10.1 Å². The molecule has 166 valence electrons. The summed E-state index contributed by atoms with van der Waals surface area (Å²) in [5.74, 6) is 1.65. The number of aromatic nitrogens is 2. The lowest BCUT2D eigenvalue weighted by molar-refractivity contribution is 0.165. The van der Waals surface area contributed by atoms with Gasteiger partial charge in [-0.05, 0) is 43.0 Å². The quantitative estimate of drug-likeness (QED) is 0.668. The lowest BCUT2D eigenvalue weighted by Gasteiger charge is -2.32. The number of halogens is 1. The number of para-hydroxylation sites is 1. The fourth-order valence-corrected chi connectivity index (χ4v) is 4.37. The van der Waals surface area contributed by atoms with Gasteiger partial charge in [-0.25, -0.2) is 9.18 Å². The summed E-state index contributed by atoms with van der Waals surface area (Å²) < 4.78 is 24.8. The number of nitrogens with one attached hydrogen (secondary N) is 1. The fraction of sp³-hybridized carbons (Fsp3) is 0.375. The van der Waals surface area contributed by atoms with Gasteiger partial charge in [-0.2, -0.15) is 4.98 Å². The first-order valence-electron chi connectivity index (χ1n) is 11.0. The Morgan fingerprint density at radius 1 is 1.22 bits per heavy atom. The molecule has 0 aliphatic carbocycles. The summed E-state index contributed by atoms with van der Waals surface area (Å²) >= 11 is 0. The number of rotatable bonds is 4. The first kappa shape index (κ1) is 20.5. The number of carbonyl (C=O) groups excluding carboxylic acids is 1. The van der Waals surface area contributed by atoms with Crippen molar-refractivity contribution in [2.24, 2.45) is 5.92 Å². The van der Waals surface area contributed by atoms with E-state index in [-0.39, 0.29) is 23.7 Å². The summed E-state index contributed by atoms with van der Waals surface area (Å²) in [5.41, 5.74) is 1.75. The van der Waals surface area contributed by atoms with Crippen LogP contribution in [-0.4, -0.2) is 47.3 Å². The first-order valence-corrected chi connectivity index (χ1v) is 11.0. The fourth-order valence-electron chi connectivity index (χ4n) is 4.37. The second-order valence-corrected chi connectivity index (χ2v) is 8.43. The molecule has 0 bridgehead atoms. The molecule has 8 heteroatoms. The Labute approximate surface area is 185 Å². The molecule has 1 aromatic heterocycles. The van der Waals surface area contributed by atoms with Crippen LogP contribution in [0, 0.1) is 11.7 Å². The molecule has 0 radical (unpaired) electrons. The van der Waals surface area contributed by atoms with Crippen molar-refractivity contribution in [3.8, 4) is 17.1 Å². The highest BCUT2D eigenvalue weighted by atomic mass is 19.1. The third-order valence-corrected chi connectivity index (χ3v) is 6.08. The third-order valence-electron chi connectivity index (χ3n) is 6.08. The summed E-state index contributed by atoms with van der Waals surface area (Å²) in [4.78, 5) is 19.1. The molecule has 2 aliphatic rings. The van der Waals surface area contributed by atoms with Crippen LogP contribution in [0.15, 0.2) is 53.1 Å². The molecular formula is C24H25FN4O3. The highest BCUT2D eigenvalue weighted by molar-refractivity contribution is 5.74. The Morgan fingerprint density at radius 2 is 2.12 bits per heavy atom. The van der Waals surface area contributed by atoms with Crippen molar-refractivity contribution in [1.82, 2.24) is 20.4 Å². The number of likely N-dealkylation sites (tertiary alicyclic amines) is 1. The van der Waals surface area contributed by atoms with Crippen LogP contribution in [0.1, 0.15) is 30.2 Å². The minimum atomic E-state index is -0.346. The number of carbonyl (C=O) groups is 1. The summed E-state index contributed by atoms with van der Waals surface area (Å²) in [6.07, 6.45) is 2.61. The van der Waals surface area contributed by atoms with Gasteiger partial charge >= 0.3 is 6.03 Å². The van der Waals surface area contributed by atoms with Crippen LogP contribution in [0.2, 0.25) is 0 Å². The Kier molecular flexibility index (Phi) is 5.75. The molecule has 3 heterocycles. The van der Waals surface area contributed by atoms with Gasteiger partial charge in [0.2, 0.25) is 11.7 Å². The third kappa shape index (κ3) is 4.44. The van der Waals surface area contributed by atoms with Crippen LogP contribution in [-0.2, 0) is 6.42 Å². The maximum Gasteiger partial charge on any atom is 0.317 e. The number of nitrogens with zero attached hydrogens (tertiary/aromatic N) is 3. The lowest BCUT2D eigenvalue weighted by atomic mass is 9.96. The van der Waals surface area contributed by atoms with E-state index in [4.69, 9.17) is 9.26 Å². The molecule has 7 nitrogen and oxygen atoms in total. The van der Waals surface area contributed by atoms with E-state index in [9.17, 15) is 9.18 Å². The second-order valence-electron chi connectivity index (χ2n) is 8.43. The molecule has 5 rings (SSSR count). The van der Waals surface area contributed by atoms with Crippen LogP contribution in [0.4, 0.5) is 9.18 Å². The average Bonchev–Trinajstić information content (AvgIpc) is 3.33. The lowest BCUT2D eigenvalue weighted by Crippen LogP contribution is -2.47. The molecule has 2 atom stereocenters. The molecule has 1 fully saturated rings. The number of piperidine rings is 1. The van der Waals surface area contributed by atoms with Gasteiger partial charge in [-0.3, -0.25) is 0 Å². The van der Waals surface area contributed by atoms with Gasteiger partial charge in [0.25, 0.3) is 0 Å². The average molecular weight is 436 g/mol. The number of fused-ring (bicyclic) bond motifs is 1. The Morgan fingerprint density at radius 3 is 3.03 bits per heavy atom. The van der Waals surface area contributed by atoms with E-state index in [1.165, 1.54) is 17.7 Å². The Bertz CT molecular complexity index is 1100. The number of benzene rings is 2. The number of hydrogen-bond acceptors (Lipinski definition) is 5. The van der Waals surface area contributed by atoms with E-state index in [0.717, 1.165) is 25.0 Å². The molecular weight excluding hydrogens is 411 g/mol. The predicted octanol–water partition coefficient (Wildman–Crippen LogP) is 4.02. The van der Waals surface area contributed by atoms with Gasteiger partial charge in [-0.15, -0.1) is 0 Å². The number of ether oxygens (including phenoxy) is 1. The molecule has 1 N–H and O–H groups in total. The molecule has 2 unspecified atom stereocenters. The first-order chi connectivity index (χ1) is 15.7. The van der Waals surface area contributed by atoms with Crippen molar-refractivity contribution in [2.45, 2.75) is 25.2 Å². The molecule has 2 amide bonds. The van der Waals surface area contributed by atoms with E-state index in [1.807, 2.05) is 18.2 Å². The van der Waals surface area contributed by atoms with Gasteiger partial charge in [0.1, 0.15) is 11.6 Å². The number of hydrogen-bond donors (Lipinski definition) is 1. The van der Waals surface area contributed by atoms with Crippen LogP contribution in [0.3, 0.4) is 0 Å². The highest BCUT2D eigenvalue weighted by Gasteiger charge is 2.29. The van der Waals surface area contributed by atoms with Crippen molar-refractivity contribution in [3.63, 3.8) is 0 Å². The van der Waals surface area contributed by atoms with Crippen molar-refractivity contribution >= 4 is 6.03 Å². The monoisotopic (exact) mass is 436 g/mol. The van der Waals surface area contributed by atoms with E-state index >= 15 is 0 Å². The molecule has 1 saturated heterocycles. The standard InChI is InChI=1S/C24H25FN4O3/c25-20-8-3-6-18(12-20)22-27-23(32-28-22)19-7-4-10-29(14-19)24(30)26-13-16-11-17-5-1-2-9-21(17)31-15-16/h1-3,5-6,8-9,12,16,19H,4,7,10-11,13-15H2,(H,26,30). The maximum atomic E-state index is 13.5. The molecule has 0 saturated carbocycles. The van der Waals surface area contributed by atoms with E-state index < -0.39 is 0 Å². The van der Waals surface area contributed by atoms with Crippen LogP contribution >= 0.6 is 0 Å². The topological polar surface area (TPSA) is 80.5 Å². The molecule has 2 aliphatic heterocycles. The number of urea groups is 1. The van der Waals surface area contributed by atoms with Gasteiger partial charge < -0.3 is 19.5 Å². The summed E-state index contributed by atoms with van der Waals surface area (Å²) in [5, 5.41) is 7.06.